The van der Waals surface area contributed by atoms with E-state index in [9.17, 15) is 4.79 Å². The third-order valence-corrected chi connectivity index (χ3v) is 2.29. The van der Waals surface area contributed by atoms with E-state index < -0.39 is 12.0 Å². The van der Waals surface area contributed by atoms with Gasteiger partial charge in [0, 0.05) is 0 Å². The Balaban J connectivity index is 3.50. The molecule has 10 heavy (non-hydrogen) atoms. The number of aliphatic carboxylic acids is 1. The van der Waals surface area contributed by atoms with Crippen LogP contribution >= 0.6 is 11.8 Å². The Hall–Kier alpha value is 0.299. The number of nitrogens with one attached hydrogen (secondary N) is 1. The van der Waals surface area contributed by atoms with Crippen LogP contribution in [0.15, 0.2) is 0 Å². The first-order valence-corrected chi connectivity index (χ1v) is 5.06. The Morgan fingerprint density at radius 3 is 2.80 bits per heavy atom. The average Bonchev–Trinajstić information content (AvgIpc) is 1.89. The summed E-state index contributed by atoms with van der Waals surface area (Å²) in [6.45, 7) is 0. The Morgan fingerprint density at radius 1 is 1.90 bits per heavy atom. The first-order chi connectivity index (χ1) is 4.72. The monoisotopic (exact) mass is 228 g/mol. The summed E-state index contributed by atoms with van der Waals surface area (Å²) in [5.74, 6) is 0.0684. The van der Waals surface area contributed by atoms with Crippen molar-refractivity contribution in [2.75, 3.05) is 12.0 Å². The summed E-state index contributed by atoms with van der Waals surface area (Å²) in [5.41, 5.74) is 0. The zero-order chi connectivity index (χ0) is 7.98. The van der Waals surface area contributed by atoms with E-state index in [1.165, 1.54) is 0 Å². The van der Waals surface area contributed by atoms with E-state index in [0.717, 1.165) is 5.75 Å². The molecule has 0 spiro atoms. The molecule has 0 aliphatic rings. The van der Waals surface area contributed by atoms with Crippen LogP contribution in [0.1, 0.15) is 6.42 Å². The number of carbonyl (C=O) groups is 1. The Bertz CT molecular complexity index is 112. The van der Waals surface area contributed by atoms with Crippen molar-refractivity contribution in [3.63, 3.8) is 0 Å². The van der Waals surface area contributed by atoms with Gasteiger partial charge in [0.05, 0.1) is 0 Å². The third-order valence-electron chi connectivity index (χ3n) is 1.05. The fraction of sp³-hybridized carbons (Fsp3) is 0.800. The molecule has 3 nitrogen and oxygen atoms in total. The van der Waals surface area contributed by atoms with Crippen LogP contribution in [0.4, 0.5) is 0 Å². The molecule has 5 heteroatoms. The number of thioether (sulfide) groups is 1. The summed E-state index contributed by atoms with van der Waals surface area (Å²) in [7, 11) is 0. The molecule has 0 fully saturated rings. The number of carboxylic acids is 1. The maximum absolute atomic E-state index is 10.3. The Morgan fingerprint density at radius 2 is 2.50 bits per heavy atom. The van der Waals surface area contributed by atoms with Gasteiger partial charge in [-0.1, -0.05) is 0 Å². The van der Waals surface area contributed by atoms with Crippen LogP contribution in [0.25, 0.3) is 0 Å². The van der Waals surface area contributed by atoms with Gasteiger partial charge in [0.1, 0.15) is 0 Å². The topological polar surface area (TPSA) is 49.3 Å². The van der Waals surface area contributed by atoms with Crippen molar-refractivity contribution < 1.29 is 9.90 Å². The van der Waals surface area contributed by atoms with Crippen molar-refractivity contribution in [1.82, 2.24) is 4.33 Å². The van der Waals surface area contributed by atoms with Crippen molar-refractivity contribution >= 4 is 34.0 Å². The van der Waals surface area contributed by atoms with E-state index in [4.69, 9.17) is 5.11 Å². The van der Waals surface area contributed by atoms with Gasteiger partial charge < -0.3 is 0 Å². The molecule has 0 unspecified atom stereocenters. The summed E-state index contributed by atoms with van der Waals surface area (Å²) in [6, 6.07) is -0.438. The minimum absolute atomic E-state index is 0.438. The second-order valence-electron chi connectivity index (χ2n) is 1.79. The molecule has 2 N–H and O–H groups in total. The number of hydrogen-bond acceptors (Lipinski definition) is 3. The molecule has 0 heterocycles. The van der Waals surface area contributed by atoms with E-state index in [1.807, 2.05) is 6.26 Å². The zero-order valence-electron chi connectivity index (χ0n) is 5.66. The van der Waals surface area contributed by atoms with Gasteiger partial charge in [0.15, 0.2) is 0 Å². The SMILES string of the molecule is CSCC[C@H](N[Se])C(=O)O. The van der Waals surface area contributed by atoms with Crippen LogP contribution in [0.2, 0.25) is 0 Å². The summed E-state index contributed by atoms with van der Waals surface area (Å²) in [5, 5.41) is 8.51. The summed E-state index contributed by atoms with van der Waals surface area (Å²) < 4.78 is 2.60. The second kappa shape index (κ2) is 6.04. The zero-order valence-corrected chi connectivity index (χ0v) is 8.19. The van der Waals surface area contributed by atoms with Crippen LogP contribution in [0, 0.1) is 0 Å². The van der Waals surface area contributed by atoms with Gasteiger partial charge in [-0.25, -0.2) is 0 Å². The molecule has 0 bridgehead atoms. The molecule has 0 aliphatic carbocycles. The summed E-state index contributed by atoms with van der Waals surface area (Å²) in [4.78, 5) is 10.3. The molecule has 1 atom stereocenters. The van der Waals surface area contributed by atoms with E-state index in [2.05, 4.69) is 20.6 Å². The van der Waals surface area contributed by atoms with Gasteiger partial charge in [0.25, 0.3) is 0 Å². The van der Waals surface area contributed by atoms with Crippen molar-refractivity contribution in [3.05, 3.63) is 0 Å². The molecular formula is C5H10NO2SSe. The maximum atomic E-state index is 10.3. The van der Waals surface area contributed by atoms with E-state index in [0.29, 0.717) is 6.42 Å². The fourth-order valence-electron chi connectivity index (χ4n) is 0.469. The van der Waals surface area contributed by atoms with Crippen molar-refractivity contribution in [2.24, 2.45) is 0 Å². The molecule has 59 valence electrons. The number of hydrogen-bond donors (Lipinski definition) is 2. The van der Waals surface area contributed by atoms with Crippen molar-refractivity contribution in [1.29, 1.82) is 0 Å². The molecule has 1 radical (unpaired) electrons. The predicted molar refractivity (Wildman–Crippen MR) is 43.3 cm³/mol. The molecule has 0 amide bonds. The number of rotatable bonds is 5. The third kappa shape index (κ3) is 4.17. The van der Waals surface area contributed by atoms with Gasteiger partial charge >= 0.3 is 72.7 Å². The first-order valence-electron chi connectivity index (χ1n) is 2.81. The average molecular weight is 227 g/mol. The standard InChI is InChI=1S/C5H10NO2SSe/c1-9-3-2-4(6-10)5(7)8/h4,6H,2-3H2,1H3,(H,7,8)/t4-/m0/s1. The van der Waals surface area contributed by atoms with Crippen LogP contribution in [0.3, 0.4) is 0 Å². The van der Waals surface area contributed by atoms with Crippen LogP contribution in [-0.2, 0) is 4.79 Å². The predicted octanol–water partition coefficient (Wildman–Crippen LogP) is -0.134. The van der Waals surface area contributed by atoms with E-state index >= 15 is 0 Å². The molecule has 0 aliphatic heterocycles. The Labute approximate surface area is 73.0 Å². The van der Waals surface area contributed by atoms with Crippen molar-refractivity contribution in [2.45, 2.75) is 12.5 Å². The molecule has 0 aromatic heterocycles. The molecule has 0 aromatic carbocycles. The van der Waals surface area contributed by atoms with Crippen LogP contribution in [0.5, 0.6) is 0 Å². The second-order valence-corrected chi connectivity index (χ2v) is 3.27. The molecular weight excluding hydrogens is 217 g/mol. The summed E-state index contributed by atoms with van der Waals surface area (Å²) >= 11 is 4.14. The molecule has 0 saturated heterocycles. The van der Waals surface area contributed by atoms with E-state index in [1.54, 1.807) is 11.8 Å². The van der Waals surface area contributed by atoms with Gasteiger partial charge in [-0.3, -0.25) is 0 Å². The van der Waals surface area contributed by atoms with Crippen molar-refractivity contribution in [3.8, 4) is 0 Å². The molecule has 0 rings (SSSR count). The van der Waals surface area contributed by atoms with E-state index in [-0.39, 0.29) is 0 Å². The fourth-order valence-corrected chi connectivity index (χ4v) is 1.40. The molecule has 0 saturated carbocycles. The van der Waals surface area contributed by atoms with Gasteiger partial charge in [-0.15, -0.1) is 0 Å². The first kappa shape index (κ1) is 10.3. The van der Waals surface area contributed by atoms with Crippen LogP contribution < -0.4 is 4.33 Å². The van der Waals surface area contributed by atoms with Gasteiger partial charge in [-0.2, -0.15) is 0 Å². The van der Waals surface area contributed by atoms with Crippen LogP contribution in [-0.4, -0.2) is 45.4 Å². The molecule has 0 aromatic rings. The minimum atomic E-state index is -0.798. The van der Waals surface area contributed by atoms with Gasteiger partial charge in [0.2, 0.25) is 0 Å². The number of carboxylic acid groups (broad SMARTS) is 1. The summed E-state index contributed by atoms with van der Waals surface area (Å²) in [6.07, 6.45) is 2.61. The quantitative estimate of drug-likeness (QED) is 0.642. The Kier molecular flexibility index (Phi) is 6.22. The van der Waals surface area contributed by atoms with Gasteiger partial charge in [-0.05, 0) is 0 Å². The normalized spacial score (nSPS) is 13.0.